The predicted octanol–water partition coefficient (Wildman–Crippen LogP) is 2.72. The number of methoxy groups -OCH3 is 1. The molecule has 120 valence electrons. The zero-order chi connectivity index (χ0) is 16.8. The number of rotatable bonds is 6. The molecule has 0 saturated carbocycles. The normalized spacial score (nSPS) is 10.0. The zero-order valence-electron chi connectivity index (χ0n) is 12.8. The molecule has 0 aliphatic heterocycles. The maximum Gasteiger partial charge on any atom is 0.335 e. The third-order valence-electron chi connectivity index (χ3n) is 3.19. The first-order chi connectivity index (χ1) is 11.0. The van der Waals surface area contributed by atoms with Gasteiger partial charge in [0, 0.05) is 5.69 Å². The van der Waals surface area contributed by atoms with E-state index in [1.165, 1.54) is 25.3 Å². The van der Waals surface area contributed by atoms with Crippen LogP contribution in [0.1, 0.15) is 15.9 Å². The Bertz CT molecular complexity index is 727. The van der Waals surface area contributed by atoms with E-state index in [1.54, 1.807) is 6.07 Å². The summed E-state index contributed by atoms with van der Waals surface area (Å²) in [4.78, 5) is 22.9. The first kappa shape index (κ1) is 16.4. The summed E-state index contributed by atoms with van der Waals surface area (Å²) in [6.07, 6.45) is 0. The SMILES string of the molecule is COc1cc(C(=O)O)ccc1OCC(=O)Nc1ccccc1C. The minimum Gasteiger partial charge on any atom is -0.493 e. The van der Waals surface area contributed by atoms with Crippen LogP contribution in [0.2, 0.25) is 0 Å². The van der Waals surface area contributed by atoms with E-state index >= 15 is 0 Å². The lowest BCUT2D eigenvalue weighted by Crippen LogP contribution is -2.20. The van der Waals surface area contributed by atoms with Crippen molar-refractivity contribution in [2.24, 2.45) is 0 Å². The van der Waals surface area contributed by atoms with E-state index < -0.39 is 5.97 Å². The van der Waals surface area contributed by atoms with Gasteiger partial charge in [-0.1, -0.05) is 18.2 Å². The number of nitrogens with one attached hydrogen (secondary N) is 1. The van der Waals surface area contributed by atoms with Crippen molar-refractivity contribution >= 4 is 17.6 Å². The lowest BCUT2D eigenvalue weighted by atomic mass is 10.2. The van der Waals surface area contributed by atoms with Crippen LogP contribution < -0.4 is 14.8 Å². The summed E-state index contributed by atoms with van der Waals surface area (Å²) in [5.74, 6) is -0.818. The van der Waals surface area contributed by atoms with Gasteiger partial charge in [0.15, 0.2) is 18.1 Å². The number of aromatic carboxylic acids is 1. The number of amides is 1. The van der Waals surface area contributed by atoms with Crippen LogP contribution in [0.5, 0.6) is 11.5 Å². The van der Waals surface area contributed by atoms with Crippen molar-refractivity contribution in [3.63, 3.8) is 0 Å². The standard InChI is InChI=1S/C17H17NO5/c1-11-5-3-4-6-13(11)18-16(19)10-23-14-8-7-12(17(20)21)9-15(14)22-2/h3-9H,10H2,1-2H3,(H,18,19)(H,20,21). The van der Waals surface area contributed by atoms with Gasteiger partial charge in [-0.3, -0.25) is 4.79 Å². The Kier molecular flexibility index (Phi) is 5.19. The van der Waals surface area contributed by atoms with Crippen molar-refractivity contribution in [2.45, 2.75) is 6.92 Å². The van der Waals surface area contributed by atoms with Gasteiger partial charge in [0.1, 0.15) is 0 Å². The average Bonchev–Trinajstić information content (AvgIpc) is 2.54. The largest absolute Gasteiger partial charge is 0.493 e. The Labute approximate surface area is 133 Å². The number of para-hydroxylation sites is 1. The quantitative estimate of drug-likeness (QED) is 0.856. The predicted molar refractivity (Wildman–Crippen MR) is 85.3 cm³/mol. The van der Waals surface area contributed by atoms with Gasteiger partial charge >= 0.3 is 5.97 Å². The minimum absolute atomic E-state index is 0.0820. The molecular weight excluding hydrogens is 298 g/mol. The smallest absolute Gasteiger partial charge is 0.335 e. The van der Waals surface area contributed by atoms with Crippen LogP contribution in [0.4, 0.5) is 5.69 Å². The summed E-state index contributed by atoms with van der Waals surface area (Å²) in [5, 5.41) is 11.7. The van der Waals surface area contributed by atoms with Crippen molar-refractivity contribution in [3.05, 3.63) is 53.6 Å². The molecule has 0 heterocycles. The van der Waals surface area contributed by atoms with Crippen LogP contribution in [0.15, 0.2) is 42.5 Å². The summed E-state index contributed by atoms with van der Waals surface area (Å²) in [5.41, 5.74) is 1.75. The number of ether oxygens (including phenoxy) is 2. The second-order valence-corrected chi connectivity index (χ2v) is 4.82. The van der Waals surface area contributed by atoms with Crippen molar-refractivity contribution in [2.75, 3.05) is 19.0 Å². The molecule has 0 radical (unpaired) electrons. The van der Waals surface area contributed by atoms with Crippen molar-refractivity contribution < 1.29 is 24.2 Å². The van der Waals surface area contributed by atoms with Crippen molar-refractivity contribution in [3.8, 4) is 11.5 Å². The number of hydrogen-bond donors (Lipinski definition) is 2. The molecule has 0 aliphatic carbocycles. The third kappa shape index (κ3) is 4.23. The average molecular weight is 315 g/mol. The maximum atomic E-state index is 11.9. The van der Waals surface area contributed by atoms with Gasteiger partial charge in [-0.05, 0) is 36.8 Å². The molecule has 0 aliphatic rings. The Morgan fingerprint density at radius 2 is 1.87 bits per heavy atom. The molecule has 2 N–H and O–H groups in total. The topological polar surface area (TPSA) is 84.9 Å². The lowest BCUT2D eigenvalue weighted by molar-refractivity contribution is -0.118. The van der Waals surface area contributed by atoms with E-state index in [2.05, 4.69) is 5.32 Å². The Balaban J connectivity index is 2.01. The first-order valence-corrected chi connectivity index (χ1v) is 6.91. The molecule has 0 spiro atoms. The Hall–Kier alpha value is -3.02. The molecule has 6 heteroatoms. The van der Waals surface area contributed by atoms with Crippen LogP contribution >= 0.6 is 0 Å². The summed E-state index contributed by atoms with van der Waals surface area (Å²) in [6, 6.07) is 11.6. The number of anilines is 1. The second-order valence-electron chi connectivity index (χ2n) is 4.82. The Morgan fingerprint density at radius 1 is 1.13 bits per heavy atom. The fraction of sp³-hybridized carbons (Fsp3) is 0.176. The highest BCUT2D eigenvalue weighted by Gasteiger charge is 2.12. The van der Waals surface area contributed by atoms with Crippen molar-refractivity contribution in [1.29, 1.82) is 0 Å². The monoisotopic (exact) mass is 315 g/mol. The van der Waals surface area contributed by atoms with Gasteiger partial charge in [0.2, 0.25) is 0 Å². The van der Waals surface area contributed by atoms with Crippen LogP contribution in [0, 0.1) is 6.92 Å². The molecule has 0 atom stereocenters. The zero-order valence-corrected chi connectivity index (χ0v) is 12.8. The number of hydrogen-bond acceptors (Lipinski definition) is 4. The number of carbonyl (C=O) groups is 2. The lowest BCUT2D eigenvalue weighted by Gasteiger charge is -2.12. The minimum atomic E-state index is -1.06. The molecule has 0 fully saturated rings. The van der Waals surface area contributed by atoms with Gasteiger partial charge in [-0.25, -0.2) is 4.79 Å². The van der Waals surface area contributed by atoms with E-state index in [9.17, 15) is 9.59 Å². The number of benzene rings is 2. The summed E-state index contributed by atoms with van der Waals surface area (Å²) < 4.78 is 10.5. The summed E-state index contributed by atoms with van der Waals surface area (Å²) in [7, 11) is 1.40. The summed E-state index contributed by atoms with van der Waals surface area (Å²) >= 11 is 0. The van der Waals surface area contributed by atoms with Crippen molar-refractivity contribution in [1.82, 2.24) is 0 Å². The molecule has 6 nitrogen and oxygen atoms in total. The number of carboxylic acids is 1. The van der Waals surface area contributed by atoms with E-state index in [-0.39, 0.29) is 23.8 Å². The fourth-order valence-electron chi connectivity index (χ4n) is 1.96. The second kappa shape index (κ2) is 7.31. The Morgan fingerprint density at radius 3 is 2.52 bits per heavy atom. The van der Waals surface area contributed by atoms with Gasteiger partial charge in [-0.15, -0.1) is 0 Å². The van der Waals surface area contributed by atoms with Gasteiger partial charge < -0.3 is 19.9 Å². The first-order valence-electron chi connectivity index (χ1n) is 6.91. The van der Waals surface area contributed by atoms with Crippen LogP contribution in [0.3, 0.4) is 0 Å². The highest BCUT2D eigenvalue weighted by Crippen LogP contribution is 2.28. The number of aryl methyl sites for hydroxylation is 1. The number of carboxylic acid groups (broad SMARTS) is 1. The highest BCUT2D eigenvalue weighted by atomic mass is 16.5. The fourth-order valence-corrected chi connectivity index (χ4v) is 1.96. The molecule has 23 heavy (non-hydrogen) atoms. The molecule has 0 unspecified atom stereocenters. The van der Waals surface area contributed by atoms with Crippen LogP contribution in [-0.4, -0.2) is 30.7 Å². The molecule has 0 saturated heterocycles. The number of carbonyl (C=O) groups excluding carboxylic acids is 1. The molecule has 2 rings (SSSR count). The third-order valence-corrected chi connectivity index (χ3v) is 3.19. The molecule has 1 amide bonds. The van der Waals surface area contributed by atoms with Gasteiger partial charge in [0.05, 0.1) is 12.7 Å². The molecule has 2 aromatic rings. The molecule has 0 bridgehead atoms. The highest BCUT2D eigenvalue weighted by molar-refractivity contribution is 5.92. The van der Waals surface area contributed by atoms with E-state index in [1.807, 2.05) is 25.1 Å². The van der Waals surface area contributed by atoms with E-state index in [0.29, 0.717) is 11.4 Å². The van der Waals surface area contributed by atoms with E-state index in [4.69, 9.17) is 14.6 Å². The molecular formula is C17H17NO5. The molecule has 2 aromatic carbocycles. The maximum absolute atomic E-state index is 11.9. The van der Waals surface area contributed by atoms with Gasteiger partial charge in [0.25, 0.3) is 5.91 Å². The van der Waals surface area contributed by atoms with Crippen LogP contribution in [-0.2, 0) is 4.79 Å². The summed E-state index contributed by atoms with van der Waals surface area (Å²) in [6.45, 7) is 1.68. The molecule has 0 aromatic heterocycles. The van der Waals surface area contributed by atoms with Gasteiger partial charge in [-0.2, -0.15) is 0 Å². The van der Waals surface area contributed by atoms with Crippen LogP contribution in [0.25, 0.3) is 0 Å². The van der Waals surface area contributed by atoms with E-state index in [0.717, 1.165) is 5.56 Å².